The molecule has 0 aliphatic heterocycles. The van der Waals surface area contributed by atoms with Gasteiger partial charge in [0.15, 0.2) is 0 Å². The first kappa shape index (κ1) is 11.3. The largest absolute Gasteiger partial charge is 0.383 e. The van der Waals surface area contributed by atoms with Crippen molar-refractivity contribution in [3.63, 3.8) is 0 Å². The van der Waals surface area contributed by atoms with Crippen molar-refractivity contribution in [2.24, 2.45) is 5.84 Å². The summed E-state index contributed by atoms with van der Waals surface area (Å²) in [6, 6.07) is 1.44. The first-order valence-corrected chi connectivity index (χ1v) is 5.79. The van der Waals surface area contributed by atoms with Crippen LogP contribution in [0.2, 0.25) is 5.02 Å². The van der Waals surface area contributed by atoms with E-state index in [0.717, 1.165) is 11.3 Å². The number of rotatable bonds is 3. The minimum atomic E-state index is -0.294. The number of halogens is 1. The maximum Gasteiger partial charge on any atom is 0.128 e. The Bertz CT molecular complexity index is 473. The summed E-state index contributed by atoms with van der Waals surface area (Å²) in [5.74, 6) is 5.89. The van der Waals surface area contributed by atoms with Crippen LogP contribution in [0.5, 0.6) is 0 Å². The van der Waals surface area contributed by atoms with E-state index in [4.69, 9.17) is 23.2 Å². The van der Waals surface area contributed by atoms with Crippen molar-refractivity contribution in [3.05, 3.63) is 39.4 Å². The lowest BCUT2D eigenvalue weighted by molar-refractivity contribution is 0.624. The SMILES string of the molecule is NNC(c1cscn1)c1cc(Cl)cnc1N. The third kappa shape index (κ3) is 2.14. The predicted octanol–water partition coefficient (Wildman–Crippen LogP) is 1.33. The zero-order chi connectivity index (χ0) is 11.5. The molecule has 1 unspecified atom stereocenters. The lowest BCUT2D eigenvalue weighted by Gasteiger charge is -2.15. The second-order valence-corrected chi connectivity index (χ2v) is 4.30. The molecule has 7 heteroatoms. The topological polar surface area (TPSA) is 89.8 Å². The summed E-state index contributed by atoms with van der Waals surface area (Å²) in [6.07, 6.45) is 1.50. The fraction of sp³-hybridized carbons (Fsp3) is 0.111. The molecule has 16 heavy (non-hydrogen) atoms. The van der Waals surface area contributed by atoms with Gasteiger partial charge in [-0.3, -0.25) is 5.84 Å². The van der Waals surface area contributed by atoms with Crippen LogP contribution < -0.4 is 17.0 Å². The first-order chi connectivity index (χ1) is 7.72. The Balaban J connectivity index is 2.44. The van der Waals surface area contributed by atoms with Gasteiger partial charge in [0.25, 0.3) is 0 Å². The van der Waals surface area contributed by atoms with Gasteiger partial charge in [-0.15, -0.1) is 11.3 Å². The van der Waals surface area contributed by atoms with Crippen LogP contribution in [0.25, 0.3) is 0 Å². The molecular weight excluding hydrogens is 246 g/mol. The monoisotopic (exact) mass is 255 g/mol. The maximum atomic E-state index is 5.87. The van der Waals surface area contributed by atoms with Crippen LogP contribution in [0.15, 0.2) is 23.2 Å². The van der Waals surface area contributed by atoms with Gasteiger partial charge in [0.1, 0.15) is 5.82 Å². The number of thiazole rings is 1. The number of nitrogens with zero attached hydrogens (tertiary/aromatic N) is 2. The number of hydrogen-bond donors (Lipinski definition) is 3. The minimum absolute atomic E-state index is 0.294. The second-order valence-electron chi connectivity index (χ2n) is 3.14. The number of nitrogens with two attached hydrogens (primary N) is 2. The third-order valence-electron chi connectivity index (χ3n) is 2.14. The summed E-state index contributed by atoms with van der Waals surface area (Å²) >= 11 is 7.36. The van der Waals surface area contributed by atoms with E-state index in [1.807, 2.05) is 5.38 Å². The molecule has 0 aliphatic rings. The van der Waals surface area contributed by atoms with Crippen LogP contribution in [-0.4, -0.2) is 9.97 Å². The number of nitrogens with one attached hydrogen (secondary N) is 1. The molecule has 2 aromatic rings. The number of hydrazine groups is 1. The summed E-state index contributed by atoms with van der Waals surface area (Å²) in [7, 11) is 0. The van der Waals surface area contributed by atoms with E-state index in [1.165, 1.54) is 17.5 Å². The van der Waals surface area contributed by atoms with Gasteiger partial charge in [-0.1, -0.05) is 11.6 Å². The molecule has 2 aromatic heterocycles. The van der Waals surface area contributed by atoms with Crippen LogP contribution in [0.1, 0.15) is 17.3 Å². The first-order valence-electron chi connectivity index (χ1n) is 4.47. The Morgan fingerprint density at radius 1 is 1.44 bits per heavy atom. The van der Waals surface area contributed by atoms with Gasteiger partial charge < -0.3 is 5.73 Å². The summed E-state index contributed by atoms with van der Waals surface area (Å²) in [5.41, 5.74) is 11.7. The van der Waals surface area contributed by atoms with E-state index in [-0.39, 0.29) is 6.04 Å². The molecule has 0 fully saturated rings. The fourth-order valence-electron chi connectivity index (χ4n) is 1.40. The Labute approximate surface area is 101 Å². The molecule has 0 aliphatic carbocycles. The summed E-state index contributed by atoms with van der Waals surface area (Å²) in [5, 5.41) is 2.41. The highest BCUT2D eigenvalue weighted by atomic mass is 35.5. The van der Waals surface area contributed by atoms with Crippen LogP contribution in [0.4, 0.5) is 5.82 Å². The van der Waals surface area contributed by atoms with Crippen molar-refractivity contribution in [1.29, 1.82) is 0 Å². The van der Waals surface area contributed by atoms with Gasteiger partial charge in [-0.05, 0) is 6.07 Å². The Kier molecular flexibility index (Phi) is 3.35. The molecule has 0 radical (unpaired) electrons. The molecule has 0 saturated heterocycles. The normalized spacial score (nSPS) is 12.6. The number of hydrogen-bond acceptors (Lipinski definition) is 6. The quantitative estimate of drug-likeness (QED) is 0.569. The van der Waals surface area contributed by atoms with E-state index in [1.54, 1.807) is 11.6 Å². The van der Waals surface area contributed by atoms with Crippen LogP contribution in [-0.2, 0) is 0 Å². The summed E-state index contributed by atoms with van der Waals surface area (Å²) in [4.78, 5) is 8.17. The van der Waals surface area contributed by atoms with Gasteiger partial charge in [0.2, 0.25) is 0 Å². The van der Waals surface area contributed by atoms with E-state index < -0.39 is 0 Å². The molecule has 2 heterocycles. The smallest absolute Gasteiger partial charge is 0.128 e. The lowest BCUT2D eigenvalue weighted by atomic mass is 10.1. The number of pyridine rings is 1. The second kappa shape index (κ2) is 4.75. The van der Waals surface area contributed by atoms with Crippen molar-refractivity contribution in [2.45, 2.75) is 6.04 Å². The summed E-state index contributed by atoms with van der Waals surface area (Å²) in [6.45, 7) is 0. The molecule has 5 N–H and O–H groups in total. The molecule has 84 valence electrons. The van der Waals surface area contributed by atoms with E-state index in [9.17, 15) is 0 Å². The molecule has 5 nitrogen and oxygen atoms in total. The molecule has 0 amide bonds. The highest BCUT2D eigenvalue weighted by Crippen LogP contribution is 2.26. The molecule has 0 aromatic carbocycles. The molecule has 2 rings (SSSR count). The van der Waals surface area contributed by atoms with Gasteiger partial charge in [0, 0.05) is 17.1 Å². The van der Waals surface area contributed by atoms with Gasteiger partial charge in [-0.25, -0.2) is 15.4 Å². The Morgan fingerprint density at radius 2 is 2.25 bits per heavy atom. The molecule has 0 bridgehead atoms. The maximum absolute atomic E-state index is 5.87. The summed E-state index contributed by atoms with van der Waals surface area (Å²) < 4.78 is 0. The van der Waals surface area contributed by atoms with Crippen molar-refractivity contribution in [1.82, 2.24) is 15.4 Å². The predicted molar refractivity (Wildman–Crippen MR) is 64.9 cm³/mol. The third-order valence-corrected chi connectivity index (χ3v) is 2.95. The van der Waals surface area contributed by atoms with Crippen LogP contribution >= 0.6 is 22.9 Å². The van der Waals surface area contributed by atoms with Gasteiger partial charge in [0.05, 0.1) is 22.3 Å². The average Bonchev–Trinajstić information content (AvgIpc) is 2.78. The molecule has 0 saturated carbocycles. The van der Waals surface area contributed by atoms with Crippen molar-refractivity contribution in [3.8, 4) is 0 Å². The van der Waals surface area contributed by atoms with Crippen LogP contribution in [0.3, 0.4) is 0 Å². The highest BCUT2D eigenvalue weighted by molar-refractivity contribution is 7.07. The van der Waals surface area contributed by atoms with Gasteiger partial charge >= 0.3 is 0 Å². The molecule has 1 atom stereocenters. The van der Waals surface area contributed by atoms with E-state index in [0.29, 0.717) is 10.8 Å². The highest BCUT2D eigenvalue weighted by Gasteiger charge is 2.18. The average molecular weight is 256 g/mol. The van der Waals surface area contributed by atoms with Crippen LogP contribution in [0, 0.1) is 0 Å². The zero-order valence-electron chi connectivity index (χ0n) is 8.22. The number of anilines is 1. The zero-order valence-corrected chi connectivity index (χ0v) is 9.79. The lowest BCUT2D eigenvalue weighted by Crippen LogP contribution is -2.29. The number of aromatic nitrogens is 2. The fourth-order valence-corrected chi connectivity index (χ4v) is 2.14. The molecular formula is C9H10ClN5S. The van der Waals surface area contributed by atoms with E-state index >= 15 is 0 Å². The Morgan fingerprint density at radius 3 is 2.88 bits per heavy atom. The van der Waals surface area contributed by atoms with Gasteiger partial charge in [-0.2, -0.15) is 0 Å². The van der Waals surface area contributed by atoms with Crippen molar-refractivity contribution in [2.75, 3.05) is 5.73 Å². The standard InChI is InChI=1S/C9H10ClN5S/c10-5-1-6(9(11)13-2-5)8(15-12)7-3-16-4-14-7/h1-4,8,15H,12H2,(H2,11,13). The molecule has 0 spiro atoms. The van der Waals surface area contributed by atoms with Crippen molar-refractivity contribution < 1.29 is 0 Å². The number of nitrogen functional groups attached to an aromatic ring is 1. The van der Waals surface area contributed by atoms with E-state index in [2.05, 4.69) is 15.4 Å². The minimum Gasteiger partial charge on any atom is -0.383 e. The Hall–Kier alpha value is -1.21. The van der Waals surface area contributed by atoms with Crippen molar-refractivity contribution >= 4 is 28.8 Å².